The van der Waals surface area contributed by atoms with Crippen molar-refractivity contribution in [3.05, 3.63) is 28.2 Å². The van der Waals surface area contributed by atoms with Gasteiger partial charge < -0.3 is 10.0 Å². The van der Waals surface area contributed by atoms with Gasteiger partial charge in [-0.1, -0.05) is 0 Å². The molecule has 0 bridgehead atoms. The van der Waals surface area contributed by atoms with Crippen molar-refractivity contribution in [1.82, 2.24) is 9.80 Å². The van der Waals surface area contributed by atoms with Crippen LogP contribution in [0.25, 0.3) is 0 Å². The Labute approximate surface area is 132 Å². The van der Waals surface area contributed by atoms with E-state index >= 15 is 0 Å². The number of benzene rings is 1. The second-order valence-electron chi connectivity index (χ2n) is 4.94. The van der Waals surface area contributed by atoms with E-state index in [1.165, 1.54) is 0 Å². The summed E-state index contributed by atoms with van der Waals surface area (Å²) in [7, 11) is 2.15. The van der Waals surface area contributed by atoms with E-state index in [0.717, 1.165) is 43.4 Å². The number of carboxylic acids is 1. The van der Waals surface area contributed by atoms with Crippen molar-refractivity contribution >= 4 is 33.7 Å². The number of likely N-dealkylation sites (N-methyl/N-ethyl adjacent to an activating group) is 1. The molecule has 1 N–H and O–H groups in total. The number of carbonyl (C=O) groups is 1. The number of piperazine rings is 1. The summed E-state index contributed by atoms with van der Waals surface area (Å²) in [4.78, 5) is 16.9. The van der Waals surface area contributed by atoms with E-state index < -0.39 is 5.97 Å². The largest absolute Gasteiger partial charge is 0.478 e. The first-order chi connectivity index (χ1) is 9.56. The number of rotatable bonds is 5. The van der Waals surface area contributed by atoms with Crippen molar-refractivity contribution in [1.29, 1.82) is 0 Å². The monoisotopic (exact) mass is 358 g/mol. The first-order valence-electron chi connectivity index (χ1n) is 6.63. The smallest absolute Gasteiger partial charge is 0.336 e. The average Bonchev–Trinajstić information content (AvgIpc) is 2.42. The van der Waals surface area contributed by atoms with Crippen LogP contribution < -0.4 is 0 Å². The summed E-state index contributed by atoms with van der Waals surface area (Å²) in [5.74, 6) is 0.100. The van der Waals surface area contributed by atoms with Crippen molar-refractivity contribution in [3.63, 3.8) is 0 Å². The van der Waals surface area contributed by atoms with Crippen LogP contribution >= 0.6 is 27.7 Å². The molecule has 0 saturated carbocycles. The van der Waals surface area contributed by atoms with E-state index in [1.54, 1.807) is 17.8 Å². The Hall–Kier alpha value is -0.560. The number of aromatic carboxylic acids is 1. The summed E-state index contributed by atoms with van der Waals surface area (Å²) < 4.78 is 0.633. The van der Waals surface area contributed by atoms with Crippen LogP contribution in [0.5, 0.6) is 0 Å². The van der Waals surface area contributed by atoms with E-state index in [-0.39, 0.29) is 0 Å². The Morgan fingerprint density at radius 3 is 2.70 bits per heavy atom. The number of nitrogens with zero attached hydrogens (tertiary/aromatic N) is 2. The lowest BCUT2D eigenvalue weighted by molar-refractivity contribution is 0.0695. The highest BCUT2D eigenvalue weighted by molar-refractivity contribution is 9.10. The molecule has 1 aliphatic heterocycles. The van der Waals surface area contributed by atoms with Crippen LogP contribution in [0, 0.1) is 0 Å². The number of hydrogen-bond acceptors (Lipinski definition) is 4. The van der Waals surface area contributed by atoms with Crippen LogP contribution in [0.2, 0.25) is 0 Å². The first kappa shape index (κ1) is 15.8. The predicted molar refractivity (Wildman–Crippen MR) is 85.8 cm³/mol. The highest BCUT2D eigenvalue weighted by Gasteiger charge is 2.13. The molecule has 1 saturated heterocycles. The van der Waals surface area contributed by atoms with Gasteiger partial charge in [0.2, 0.25) is 0 Å². The van der Waals surface area contributed by atoms with Crippen LogP contribution in [0.1, 0.15) is 10.4 Å². The number of hydrogen-bond donors (Lipinski definition) is 1. The van der Waals surface area contributed by atoms with Gasteiger partial charge in [-0.2, -0.15) is 0 Å². The molecule has 6 heteroatoms. The lowest BCUT2D eigenvalue weighted by Crippen LogP contribution is -2.45. The first-order valence-corrected chi connectivity index (χ1v) is 8.40. The van der Waals surface area contributed by atoms with Crippen molar-refractivity contribution in [2.24, 2.45) is 0 Å². The van der Waals surface area contributed by atoms with Gasteiger partial charge in [-0.3, -0.25) is 4.90 Å². The molecule has 0 spiro atoms. The van der Waals surface area contributed by atoms with Gasteiger partial charge in [-0.05, 0) is 41.2 Å². The Kier molecular flexibility index (Phi) is 5.89. The van der Waals surface area contributed by atoms with E-state index in [9.17, 15) is 4.79 Å². The normalized spacial score (nSPS) is 17.3. The van der Waals surface area contributed by atoms with E-state index in [2.05, 4.69) is 32.8 Å². The van der Waals surface area contributed by atoms with Crippen molar-refractivity contribution < 1.29 is 9.90 Å². The summed E-state index contributed by atoms with van der Waals surface area (Å²) in [6.45, 7) is 5.56. The van der Waals surface area contributed by atoms with Crippen molar-refractivity contribution in [2.45, 2.75) is 4.90 Å². The second kappa shape index (κ2) is 7.45. The molecular weight excluding hydrogens is 340 g/mol. The minimum Gasteiger partial charge on any atom is -0.478 e. The molecule has 1 fully saturated rings. The Morgan fingerprint density at radius 2 is 2.05 bits per heavy atom. The molecule has 0 unspecified atom stereocenters. The lowest BCUT2D eigenvalue weighted by Gasteiger charge is -2.32. The average molecular weight is 359 g/mol. The maximum atomic E-state index is 11.1. The zero-order valence-electron chi connectivity index (χ0n) is 11.5. The summed E-state index contributed by atoms with van der Waals surface area (Å²) in [5, 5.41) is 9.09. The second-order valence-corrected chi connectivity index (χ2v) is 6.96. The maximum Gasteiger partial charge on any atom is 0.336 e. The molecule has 2 rings (SSSR count). The molecule has 4 nitrogen and oxygen atoms in total. The topological polar surface area (TPSA) is 43.8 Å². The van der Waals surface area contributed by atoms with E-state index in [0.29, 0.717) is 10.0 Å². The summed E-state index contributed by atoms with van der Waals surface area (Å²) in [6.07, 6.45) is 0. The van der Waals surface area contributed by atoms with Gasteiger partial charge in [-0.25, -0.2) is 4.79 Å². The summed E-state index contributed by atoms with van der Waals surface area (Å²) >= 11 is 4.98. The van der Waals surface area contributed by atoms with Gasteiger partial charge >= 0.3 is 5.97 Å². The lowest BCUT2D eigenvalue weighted by atomic mass is 10.2. The quantitative estimate of drug-likeness (QED) is 0.819. The van der Waals surface area contributed by atoms with Gasteiger partial charge in [0.15, 0.2) is 0 Å². The van der Waals surface area contributed by atoms with E-state index in [4.69, 9.17) is 5.11 Å². The molecule has 0 amide bonds. The fourth-order valence-corrected chi connectivity index (χ4v) is 3.49. The highest BCUT2D eigenvalue weighted by Crippen LogP contribution is 2.25. The Bertz CT molecular complexity index is 476. The molecule has 1 aromatic rings. The van der Waals surface area contributed by atoms with Gasteiger partial charge in [-0.15, -0.1) is 11.8 Å². The molecule has 1 heterocycles. The van der Waals surface area contributed by atoms with Crippen LogP contribution in [0.4, 0.5) is 0 Å². The minimum absolute atomic E-state index is 0.328. The number of carboxylic acid groups (broad SMARTS) is 1. The highest BCUT2D eigenvalue weighted by atomic mass is 79.9. The van der Waals surface area contributed by atoms with Crippen molar-refractivity contribution in [2.75, 3.05) is 45.5 Å². The molecule has 1 aromatic carbocycles. The van der Waals surface area contributed by atoms with Crippen LogP contribution in [-0.2, 0) is 0 Å². The molecule has 110 valence electrons. The fraction of sp³-hybridized carbons (Fsp3) is 0.500. The molecule has 0 aliphatic carbocycles. The zero-order chi connectivity index (χ0) is 14.5. The van der Waals surface area contributed by atoms with E-state index in [1.807, 2.05) is 12.1 Å². The molecular formula is C14H19BrN2O2S. The van der Waals surface area contributed by atoms with Gasteiger partial charge in [0, 0.05) is 47.8 Å². The van der Waals surface area contributed by atoms with Gasteiger partial charge in [0.1, 0.15) is 0 Å². The maximum absolute atomic E-state index is 11.1. The van der Waals surface area contributed by atoms with Crippen molar-refractivity contribution in [3.8, 4) is 0 Å². The molecule has 0 atom stereocenters. The van der Waals surface area contributed by atoms with Crippen LogP contribution in [0.3, 0.4) is 0 Å². The van der Waals surface area contributed by atoms with Gasteiger partial charge in [0.05, 0.1) is 5.56 Å². The van der Waals surface area contributed by atoms with Gasteiger partial charge in [0.25, 0.3) is 0 Å². The zero-order valence-corrected chi connectivity index (χ0v) is 13.9. The van der Waals surface area contributed by atoms with Crippen LogP contribution in [-0.4, -0.2) is 66.4 Å². The number of thioether (sulfide) groups is 1. The third-order valence-corrected chi connectivity index (χ3v) is 5.11. The fourth-order valence-electron chi connectivity index (χ4n) is 2.12. The summed E-state index contributed by atoms with van der Waals surface area (Å²) in [5.41, 5.74) is 0.328. The molecule has 1 aliphatic rings. The third-order valence-electron chi connectivity index (χ3n) is 3.44. The van der Waals surface area contributed by atoms with Crippen LogP contribution in [0.15, 0.2) is 27.6 Å². The third kappa shape index (κ3) is 4.48. The SMILES string of the molecule is CN1CCN(CCSc2ccc(Br)c(C(=O)O)c2)CC1. The molecule has 0 radical (unpaired) electrons. The number of halogens is 1. The predicted octanol–water partition coefficient (Wildman–Crippen LogP) is 2.49. The Morgan fingerprint density at radius 1 is 1.35 bits per heavy atom. The standard InChI is InChI=1S/C14H19BrN2O2S/c1-16-4-6-17(7-5-16)8-9-20-11-2-3-13(15)12(10-11)14(18)19/h2-3,10H,4-9H2,1H3,(H,18,19). The summed E-state index contributed by atoms with van der Waals surface area (Å²) in [6, 6.07) is 5.51. The minimum atomic E-state index is -0.890. The molecule has 20 heavy (non-hydrogen) atoms. The molecule has 0 aromatic heterocycles. The Balaban J connectivity index is 1.82.